The molecule has 0 atom stereocenters. The van der Waals surface area contributed by atoms with Crippen LogP contribution in [0.1, 0.15) is 30.0 Å². The van der Waals surface area contributed by atoms with Crippen molar-refractivity contribution in [3.8, 4) is 17.3 Å². The number of carbonyl (C=O) groups is 1. The molecule has 0 aliphatic carbocycles. The number of hydrogen-bond donors (Lipinski definition) is 2. The Bertz CT molecular complexity index is 1660. The predicted molar refractivity (Wildman–Crippen MR) is 138 cm³/mol. The third-order valence-corrected chi connectivity index (χ3v) is 5.77. The summed E-state index contributed by atoms with van der Waals surface area (Å²) in [5, 5.41) is 17.8. The van der Waals surface area contributed by atoms with E-state index in [1.165, 1.54) is 23.1 Å². The van der Waals surface area contributed by atoms with E-state index in [9.17, 15) is 18.7 Å². The summed E-state index contributed by atoms with van der Waals surface area (Å²) in [7, 11) is 0. The number of ether oxygens (including phenoxy) is 1. The van der Waals surface area contributed by atoms with E-state index >= 15 is 0 Å². The van der Waals surface area contributed by atoms with Crippen LogP contribution in [0.25, 0.3) is 22.4 Å². The van der Waals surface area contributed by atoms with Crippen molar-refractivity contribution in [2.75, 3.05) is 11.9 Å². The van der Waals surface area contributed by atoms with Crippen LogP contribution in [0.3, 0.4) is 0 Å². The van der Waals surface area contributed by atoms with Crippen LogP contribution in [0, 0.1) is 18.6 Å². The quantitative estimate of drug-likeness (QED) is 0.298. The number of aryl methyl sites for hydroxylation is 1. The molecule has 39 heavy (non-hydrogen) atoms. The van der Waals surface area contributed by atoms with Crippen LogP contribution in [0.2, 0.25) is 0 Å². The van der Waals surface area contributed by atoms with Gasteiger partial charge in [0.05, 0.1) is 24.4 Å². The second-order valence-electron chi connectivity index (χ2n) is 8.39. The molecular formula is C27H23F2LiN6O3. The van der Waals surface area contributed by atoms with Crippen LogP contribution in [-0.2, 0) is 6.54 Å². The SMILES string of the molecule is CCOc1cc(F)c(Cn2nc(-c3nc(C)cc(Nc4ccncc4C(=O)O)n3)c3ccccc32)c(F)c1.[H-].[Li+]. The minimum absolute atomic E-state index is 0. The zero-order valence-corrected chi connectivity index (χ0v) is 21.4. The summed E-state index contributed by atoms with van der Waals surface area (Å²) in [6, 6.07) is 12.7. The Morgan fingerprint density at radius 3 is 2.59 bits per heavy atom. The van der Waals surface area contributed by atoms with Crippen molar-refractivity contribution in [2.45, 2.75) is 20.4 Å². The number of carboxylic acids is 1. The van der Waals surface area contributed by atoms with Gasteiger partial charge in [0, 0.05) is 47.2 Å². The molecule has 0 bridgehead atoms. The maximum Gasteiger partial charge on any atom is 1.00 e. The molecule has 0 spiro atoms. The molecule has 5 aromatic rings. The van der Waals surface area contributed by atoms with Crippen LogP contribution in [0.15, 0.2) is 60.9 Å². The molecule has 0 saturated carbocycles. The van der Waals surface area contributed by atoms with E-state index in [-0.39, 0.29) is 56.1 Å². The van der Waals surface area contributed by atoms with Gasteiger partial charge in [0.25, 0.3) is 0 Å². The molecule has 9 nitrogen and oxygen atoms in total. The van der Waals surface area contributed by atoms with Gasteiger partial charge in [0.2, 0.25) is 0 Å². The molecule has 2 N–H and O–H groups in total. The van der Waals surface area contributed by atoms with Crippen LogP contribution in [0.4, 0.5) is 20.3 Å². The van der Waals surface area contributed by atoms with Gasteiger partial charge in [-0.25, -0.2) is 23.5 Å². The fraction of sp³-hybridized carbons (Fsp3) is 0.148. The Balaban J connectivity index is 0.00000220. The summed E-state index contributed by atoms with van der Waals surface area (Å²) < 4.78 is 36.3. The van der Waals surface area contributed by atoms with Crippen LogP contribution >= 0.6 is 0 Å². The van der Waals surface area contributed by atoms with E-state index in [4.69, 9.17) is 4.74 Å². The first-order valence-corrected chi connectivity index (χ1v) is 11.7. The van der Waals surface area contributed by atoms with Gasteiger partial charge in [-0.2, -0.15) is 5.10 Å². The first kappa shape index (κ1) is 27.7. The predicted octanol–water partition coefficient (Wildman–Crippen LogP) is 2.48. The summed E-state index contributed by atoms with van der Waals surface area (Å²) in [6.45, 7) is 3.63. The van der Waals surface area contributed by atoms with Gasteiger partial charge in [-0.3, -0.25) is 9.67 Å². The summed E-state index contributed by atoms with van der Waals surface area (Å²) in [6.07, 6.45) is 2.71. The van der Waals surface area contributed by atoms with E-state index in [1.807, 2.05) is 12.1 Å². The van der Waals surface area contributed by atoms with Gasteiger partial charge in [-0.1, -0.05) is 18.2 Å². The van der Waals surface area contributed by atoms with Gasteiger partial charge in [-0.15, -0.1) is 0 Å². The zero-order valence-electron chi connectivity index (χ0n) is 22.4. The summed E-state index contributed by atoms with van der Waals surface area (Å²) in [5.41, 5.74) is 1.79. The number of fused-ring (bicyclic) bond motifs is 1. The number of nitrogens with zero attached hydrogens (tertiary/aromatic N) is 5. The molecule has 0 radical (unpaired) electrons. The minimum Gasteiger partial charge on any atom is -1.00 e. The molecule has 0 saturated heterocycles. The first-order chi connectivity index (χ1) is 18.3. The van der Waals surface area contributed by atoms with E-state index in [0.29, 0.717) is 33.8 Å². The molecule has 0 aliphatic rings. The Morgan fingerprint density at radius 2 is 1.87 bits per heavy atom. The molecule has 12 heteroatoms. The van der Waals surface area contributed by atoms with Gasteiger partial charge in [-0.05, 0) is 26.0 Å². The van der Waals surface area contributed by atoms with Crippen LogP contribution in [-0.4, -0.2) is 42.4 Å². The zero-order chi connectivity index (χ0) is 26.8. The smallest absolute Gasteiger partial charge is 1.00 e. The average molecular weight is 524 g/mol. The Kier molecular flexibility index (Phi) is 8.23. The van der Waals surface area contributed by atoms with Crippen molar-refractivity contribution >= 4 is 28.4 Å². The normalized spacial score (nSPS) is 10.8. The number of aromatic nitrogens is 5. The first-order valence-electron chi connectivity index (χ1n) is 11.7. The van der Waals surface area contributed by atoms with Gasteiger partial charge in [0.1, 0.15) is 34.5 Å². The molecule has 3 aromatic heterocycles. The fourth-order valence-electron chi connectivity index (χ4n) is 4.09. The maximum absolute atomic E-state index is 14.8. The Morgan fingerprint density at radius 1 is 1.13 bits per heavy atom. The Labute approximate surface area is 235 Å². The number of hydrogen-bond acceptors (Lipinski definition) is 7. The third kappa shape index (κ3) is 5.74. The second-order valence-corrected chi connectivity index (χ2v) is 8.39. The fourth-order valence-corrected chi connectivity index (χ4v) is 4.09. The number of para-hydroxylation sites is 1. The standard InChI is InChI=1S/C27H22F2N6O3.Li.H/c1-3-38-16-11-20(28)19(21(29)12-16)14-35-23-7-5-4-6-17(23)25(34-35)26-31-15(2)10-24(33-26)32-22-8-9-30-13-18(22)27(36)37;;/h4-13H,3,14H2,1-2H3,(H,36,37)(H,30,31,32,33);;/q;+1;-1. The number of pyridine rings is 1. The molecule has 2 aromatic carbocycles. The van der Waals surface area contributed by atoms with E-state index in [1.54, 1.807) is 32.0 Å². The molecule has 0 amide bonds. The van der Waals surface area contributed by atoms with Crippen molar-refractivity contribution in [1.82, 2.24) is 24.7 Å². The summed E-state index contributed by atoms with van der Waals surface area (Å²) >= 11 is 0. The number of halogens is 2. The average Bonchev–Trinajstić information content (AvgIpc) is 3.25. The van der Waals surface area contributed by atoms with E-state index < -0.39 is 17.6 Å². The number of aromatic carboxylic acids is 1. The van der Waals surface area contributed by atoms with E-state index in [2.05, 4.69) is 25.4 Å². The molecule has 0 unspecified atom stereocenters. The second kappa shape index (κ2) is 11.6. The monoisotopic (exact) mass is 524 g/mol. The number of carboxylic acid groups (broad SMARTS) is 1. The molecule has 194 valence electrons. The third-order valence-electron chi connectivity index (χ3n) is 5.77. The summed E-state index contributed by atoms with van der Waals surface area (Å²) in [5.74, 6) is -1.88. The van der Waals surface area contributed by atoms with Crippen molar-refractivity contribution in [3.63, 3.8) is 0 Å². The largest absolute Gasteiger partial charge is 1.00 e. The maximum atomic E-state index is 14.8. The number of benzene rings is 2. The molecular weight excluding hydrogens is 501 g/mol. The van der Waals surface area contributed by atoms with Crippen molar-refractivity contribution < 1.29 is 43.7 Å². The van der Waals surface area contributed by atoms with Crippen molar-refractivity contribution in [1.29, 1.82) is 0 Å². The molecule has 5 rings (SSSR count). The van der Waals surface area contributed by atoms with Crippen LogP contribution in [0.5, 0.6) is 5.75 Å². The molecule has 0 fully saturated rings. The van der Waals surface area contributed by atoms with Crippen LogP contribution < -0.4 is 28.9 Å². The van der Waals surface area contributed by atoms with Crippen molar-refractivity contribution in [3.05, 3.63) is 89.4 Å². The number of rotatable bonds is 8. The Hall–Kier alpha value is -4.33. The van der Waals surface area contributed by atoms with Gasteiger partial charge in [0.15, 0.2) is 5.82 Å². The van der Waals surface area contributed by atoms with Gasteiger partial charge < -0.3 is 16.6 Å². The summed E-state index contributed by atoms with van der Waals surface area (Å²) in [4.78, 5) is 24.5. The topological polar surface area (TPSA) is 115 Å². The number of anilines is 2. The minimum atomic E-state index is -1.13. The van der Waals surface area contributed by atoms with Crippen molar-refractivity contribution in [2.24, 2.45) is 0 Å². The molecule has 0 aliphatic heterocycles. The van der Waals surface area contributed by atoms with Gasteiger partial charge >= 0.3 is 24.8 Å². The number of nitrogens with one attached hydrogen (secondary N) is 1. The van der Waals surface area contributed by atoms with E-state index in [0.717, 1.165) is 12.1 Å². The molecule has 3 heterocycles.